The van der Waals surface area contributed by atoms with Gasteiger partial charge in [0, 0.05) is 20.6 Å². The third-order valence-electron chi connectivity index (χ3n) is 4.38. The Balaban J connectivity index is 2.23. The van der Waals surface area contributed by atoms with Crippen molar-refractivity contribution in [2.45, 2.75) is 20.3 Å². The van der Waals surface area contributed by atoms with E-state index < -0.39 is 0 Å². The van der Waals surface area contributed by atoms with Crippen LogP contribution in [0.3, 0.4) is 0 Å². The van der Waals surface area contributed by atoms with Gasteiger partial charge in [-0.05, 0) is 31.0 Å². The fourth-order valence-electron chi connectivity index (χ4n) is 2.88. The number of hydrogen-bond donors (Lipinski definition) is 2. The molecule has 0 spiro atoms. The maximum Gasteiger partial charge on any atom is 0.232 e. The number of benzene rings is 1. The predicted octanol–water partition coefficient (Wildman–Crippen LogP) is 2.33. The summed E-state index contributed by atoms with van der Waals surface area (Å²) in [6.07, 6.45) is 0.903. The zero-order chi connectivity index (χ0) is 14.8. The first-order valence-electron chi connectivity index (χ1n) is 7.26. The van der Waals surface area contributed by atoms with E-state index in [1.807, 2.05) is 43.3 Å². The first kappa shape index (κ1) is 14.9. The molecule has 1 saturated heterocycles. The van der Waals surface area contributed by atoms with Gasteiger partial charge in [0.05, 0.1) is 16.8 Å². The number of amides is 1. The van der Waals surface area contributed by atoms with Gasteiger partial charge in [0.2, 0.25) is 5.91 Å². The summed E-state index contributed by atoms with van der Waals surface area (Å²) in [5, 5.41) is 6.46. The Kier molecular flexibility index (Phi) is 4.33. The fraction of sp³-hybridized carbons (Fsp3) is 0.562. The van der Waals surface area contributed by atoms with Crippen molar-refractivity contribution in [2.24, 2.45) is 11.3 Å². The number of nitrogens with zero attached hydrogens (tertiary/aromatic N) is 1. The molecule has 0 aliphatic carbocycles. The monoisotopic (exact) mass is 275 g/mol. The number of nitrogens with one attached hydrogen (secondary N) is 2. The van der Waals surface area contributed by atoms with Crippen LogP contribution in [0.25, 0.3) is 0 Å². The highest BCUT2D eigenvalue weighted by Crippen LogP contribution is 2.36. The van der Waals surface area contributed by atoms with E-state index in [2.05, 4.69) is 24.5 Å². The summed E-state index contributed by atoms with van der Waals surface area (Å²) in [7, 11) is 3.97. The highest BCUT2D eigenvalue weighted by atomic mass is 16.2. The molecule has 0 saturated carbocycles. The second-order valence-electron chi connectivity index (χ2n) is 6.10. The molecule has 1 atom stereocenters. The maximum absolute atomic E-state index is 12.8. The standard InChI is InChI=1S/C16H25N3O/c1-12(2)16(9-10-17-11-16)15(20)18-13-7-5-6-8-14(13)19(3)4/h5-8,12,17H,9-11H2,1-4H3,(H,18,20). The van der Waals surface area contributed by atoms with Gasteiger partial charge in [-0.3, -0.25) is 4.79 Å². The van der Waals surface area contributed by atoms with Crippen molar-refractivity contribution in [1.82, 2.24) is 5.32 Å². The van der Waals surface area contributed by atoms with Gasteiger partial charge in [0.1, 0.15) is 0 Å². The first-order valence-corrected chi connectivity index (χ1v) is 7.26. The predicted molar refractivity (Wildman–Crippen MR) is 84.2 cm³/mol. The summed E-state index contributed by atoms with van der Waals surface area (Å²) >= 11 is 0. The van der Waals surface area contributed by atoms with Crippen LogP contribution in [0.1, 0.15) is 20.3 Å². The molecule has 1 unspecified atom stereocenters. The van der Waals surface area contributed by atoms with E-state index in [1.54, 1.807) is 0 Å². The lowest BCUT2D eigenvalue weighted by Gasteiger charge is -2.31. The number of carbonyl (C=O) groups is 1. The Hall–Kier alpha value is -1.55. The molecular weight excluding hydrogens is 250 g/mol. The van der Waals surface area contributed by atoms with Crippen molar-refractivity contribution in [2.75, 3.05) is 37.4 Å². The first-order chi connectivity index (χ1) is 9.47. The van der Waals surface area contributed by atoms with E-state index in [1.165, 1.54) is 0 Å². The van der Waals surface area contributed by atoms with Crippen LogP contribution in [0.2, 0.25) is 0 Å². The summed E-state index contributed by atoms with van der Waals surface area (Å²) in [6, 6.07) is 7.92. The van der Waals surface area contributed by atoms with E-state index in [0.717, 1.165) is 30.9 Å². The summed E-state index contributed by atoms with van der Waals surface area (Å²) in [5.41, 5.74) is 1.62. The van der Waals surface area contributed by atoms with Crippen LogP contribution in [0.15, 0.2) is 24.3 Å². The SMILES string of the molecule is CC(C)C1(C(=O)Nc2ccccc2N(C)C)CCNC1. The molecule has 20 heavy (non-hydrogen) atoms. The van der Waals surface area contributed by atoms with Crippen molar-refractivity contribution < 1.29 is 4.79 Å². The average molecular weight is 275 g/mol. The molecule has 0 bridgehead atoms. The van der Waals surface area contributed by atoms with Crippen LogP contribution in [-0.2, 0) is 4.79 Å². The lowest BCUT2D eigenvalue weighted by atomic mass is 9.75. The third-order valence-corrected chi connectivity index (χ3v) is 4.38. The molecule has 2 rings (SSSR count). The van der Waals surface area contributed by atoms with Gasteiger partial charge in [0.15, 0.2) is 0 Å². The van der Waals surface area contributed by atoms with E-state index in [9.17, 15) is 4.79 Å². The molecule has 0 aromatic heterocycles. The lowest BCUT2D eigenvalue weighted by Crippen LogP contribution is -2.42. The van der Waals surface area contributed by atoms with E-state index in [-0.39, 0.29) is 11.3 Å². The molecule has 1 aliphatic heterocycles. The van der Waals surface area contributed by atoms with Crippen LogP contribution in [0, 0.1) is 11.3 Å². The lowest BCUT2D eigenvalue weighted by molar-refractivity contribution is -0.126. The minimum Gasteiger partial charge on any atom is -0.376 e. The molecule has 1 amide bonds. The van der Waals surface area contributed by atoms with E-state index in [0.29, 0.717) is 5.92 Å². The second-order valence-corrected chi connectivity index (χ2v) is 6.10. The zero-order valence-corrected chi connectivity index (χ0v) is 12.9. The molecule has 1 aliphatic rings. The Morgan fingerprint density at radius 3 is 2.60 bits per heavy atom. The topological polar surface area (TPSA) is 44.4 Å². The molecule has 0 radical (unpaired) electrons. The molecule has 4 nitrogen and oxygen atoms in total. The molecule has 4 heteroatoms. The molecular formula is C16H25N3O. The molecule has 1 aromatic carbocycles. The van der Waals surface area contributed by atoms with Crippen LogP contribution in [0.5, 0.6) is 0 Å². The van der Waals surface area contributed by atoms with Crippen molar-refractivity contribution in [3.63, 3.8) is 0 Å². The third kappa shape index (κ3) is 2.66. The van der Waals surface area contributed by atoms with Crippen molar-refractivity contribution in [1.29, 1.82) is 0 Å². The molecule has 2 N–H and O–H groups in total. The highest BCUT2D eigenvalue weighted by molar-refractivity contribution is 5.98. The number of carbonyl (C=O) groups excluding carboxylic acids is 1. The second kappa shape index (κ2) is 5.83. The molecule has 1 heterocycles. The van der Waals surface area contributed by atoms with Crippen molar-refractivity contribution in [3.8, 4) is 0 Å². The summed E-state index contributed by atoms with van der Waals surface area (Å²) in [5.74, 6) is 0.454. The Labute approximate surface area is 121 Å². The normalized spacial score (nSPS) is 22.1. The van der Waals surface area contributed by atoms with Gasteiger partial charge in [-0.2, -0.15) is 0 Å². The maximum atomic E-state index is 12.8. The van der Waals surface area contributed by atoms with Crippen LogP contribution in [-0.4, -0.2) is 33.1 Å². The molecule has 1 aromatic rings. The number of hydrogen-bond acceptors (Lipinski definition) is 3. The van der Waals surface area contributed by atoms with Gasteiger partial charge in [-0.25, -0.2) is 0 Å². The number of rotatable bonds is 4. The van der Waals surface area contributed by atoms with E-state index in [4.69, 9.17) is 0 Å². The van der Waals surface area contributed by atoms with Gasteiger partial charge < -0.3 is 15.5 Å². The van der Waals surface area contributed by atoms with Crippen LogP contribution in [0.4, 0.5) is 11.4 Å². The van der Waals surface area contributed by atoms with E-state index >= 15 is 0 Å². The van der Waals surface area contributed by atoms with Gasteiger partial charge in [-0.15, -0.1) is 0 Å². The quantitative estimate of drug-likeness (QED) is 0.886. The summed E-state index contributed by atoms with van der Waals surface area (Å²) in [4.78, 5) is 14.8. The average Bonchev–Trinajstić information content (AvgIpc) is 2.89. The van der Waals surface area contributed by atoms with Crippen LogP contribution >= 0.6 is 0 Å². The minimum absolute atomic E-state index is 0.131. The van der Waals surface area contributed by atoms with Gasteiger partial charge >= 0.3 is 0 Å². The summed E-state index contributed by atoms with van der Waals surface area (Å²) in [6.45, 7) is 5.94. The smallest absolute Gasteiger partial charge is 0.232 e. The number of para-hydroxylation sites is 2. The highest BCUT2D eigenvalue weighted by Gasteiger charge is 2.44. The Morgan fingerprint density at radius 2 is 2.05 bits per heavy atom. The minimum atomic E-state index is -0.292. The zero-order valence-electron chi connectivity index (χ0n) is 12.9. The Bertz CT molecular complexity index is 476. The summed E-state index contributed by atoms with van der Waals surface area (Å²) < 4.78 is 0. The van der Waals surface area contributed by atoms with Crippen molar-refractivity contribution in [3.05, 3.63) is 24.3 Å². The molecule has 1 fully saturated rings. The van der Waals surface area contributed by atoms with Crippen molar-refractivity contribution >= 4 is 17.3 Å². The van der Waals surface area contributed by atoms with Gasteiger partial charge in [-0.1, -0.05) is 26.0 Å². The fourth-order valence-corrected chi connectivity index (χ4v) is 2.88. The van der Waals surface area contributed by atoms with Gasteiger partial charge in [0.25, 0.3) is 0 Å². The number of anilines is 2. The van der Waals surface area contributed by atoms with Crippen LogP contribution < -0.4 is 15.5 Å². The Morgan fingerprint density at radius 1 is 1.35 bits per heavy atom. The largest absolute Gasteiger partial charge is 0.376 e. The molecule has 110 valence electrons.